The first kappa shape index (κ1) is 18.2. The van der Waals surface area contributed by atoms with E-state index in [-0.39, 0.29) is 29.8 Å². The lowest BCUT2D eigenvalue weighted by Crippen LogP contribution is -2.35. The highest BCUT2D eigenvalue weighted by Gasteiger charge is 2.22. The number of rotatable bonds is 7. The average Bonchev–Trinajstić information content (AvgIpc) is 3.04. The molecule has 0 saturated carbocycles. The Bertz CT molecular complexity index is 715. The molecule has 0 fully saturated rings. The molecule has 0 saturated heterocycles. The number of esters is 1. The first-order valence-corrected chi connectivity index (χ1v) is 7.63. The van der Waals surface area contributed by atoms with Crippen LogP contribution in [0.4, 0.5) is 5.69 Å². The molecule has 0 spiro atoms. The van der Waals surface area contributed by atoms with Crippen LogP contribution in [0.1, 0.15) is 25.8 Å². The number of fused-ring (bicyclic) bond motifs is 1. The van der Waals surface area contributed by atoms with Gasteiger partial charge in [0.15, 0.2) is 18.1 Å². The Morgan fingerprint density at radius 3 is 2.72 bits per heavy atom. The van der Waals surface area contributed by atoms with Crippen LogP contribution in [-0.2, 0) is 14.3 Å². The number of benzene rings is 1. The van der Waals surface area contributed by atoms with Gasteiger partial charge >= 0.3 is 5.97 Å². The summed E-state index contributed by atoms with van der Waals surface area (Å²) in [5, 5.41) is 13.8. The van der Waals surface area contributed by atoms with Crippen LogP contribution in [0.5, 0.6) is 11.5 Å². The first-order valence-electron chi connectivity index (χ1n) is 7.63. The molecular weight excluding hydrogens is 332 g/mol. The highest BCUT2D eigenvalue weighted by molar-refractivity contribution is 5.90. The van der Waals surface area contributed by atoms with Crippen molar-refractivity contribution in [3.63, 3.8) is 0 Å². The van der Waals surface area contributed by atoms with Gasteiger partial charge in [0.25, 0.3) is 11.6 Å². The monoisotopic (exact) mass is 350 g/mol. The van der Waals surface area contributed by atoms with Gasteiger partial charge in [0.2, 0.25) is 6.79 Å². The lowest BCUT2D eigenvalue weighted by molar-refractivity contribution is -0.385. The lowest BCUT2D eigenvalue weighted by atomic mass is 10.1. The lowest BCUT2D eigenvalue weighted by Gasteiger charge is -2.10. The van der Waals surface area contributed by atoms with Gasteiger partial charge in [-0.2, -0.15) is 0 Å². The van der Waals surface area contributed by atoms with Crippen molar-refractivity contribution in [1.82, 2.24) is 5.32 Å². The van der Waals surface area contributed by atoms with Crippen LogP contribution in [0, 0.1) is 10.1 Å². The second kappa shape index (κ2) is 8.13. The number of nitro groups is 1. The van der Waals surface area contributed by atoms with E-state index in [1.165, 1.54) is 18.2 Å². The minimum Gasteiger partial charge on any atom is -0.454 e. The zero-order valence-electron chi connectivity index (χ0n) is 13.8. The molecule has 1 aromatic carbocycles. The summed E-state index contributed by atoms with van der Waals surface area (Å²) in [4.78, 5) is 33.7. The van der Waals surface area contributed by atoms with E-state index < -0.39 is 23.4 Å². The largest absolute Gasteiger partial charge is 0.454 e. The first-order chi connectivity index (χ1) is 11.9. The zero-order chi connectivity index (χ0) is 18.4. The summed E-state index contributed by atoms with van der Waals surface area (Å²) < 4.78 is 15.0. The highest BCUT2D eigenvalue weighted by atomic mass is 16.7. The predicted molar refractivity (Wildman–Crippen MR) is 87.1 cm³/mol. The fourth-order valence-corrected chi connectivity index (χ4v) is 2.00. The fraction of sp³-hybridized carbons (Fsp3) is 0.375. The number of nitrogens with one attached hydrogen (secondary N) is 1. The molecule has 9 nitrogen and oxygen atoms in total. The van der Waals surface area contributed by atoms with E-state index in [0.29, 0.717) is 5.75 Å². The maximum Gasteiger partial charge on any atom is 0.331 e. The molecular formula is C16H18N2O7. The summed E-state index contributed by atoms with van der Waals surface area (Å²) in [7, 11) is 0. The maximum absolute atomic E-state index is 11.7. The second-order valence-corrected chi connectivity index (χ2v) is 5.34. The van der Waals surface area contributed by atoms with Gasteiger partial charge in [0.05, 0.1) is 16.6 Å². The quantitative estimate of drug-likeness (QED) is 0.345. The molecule has 1 aromatic rings. The van der Waals surface area contributed by atoms with Gasteiger partial charge in [0.1, 0.15) is 0 Å². The van der Waals surface area contributed by atoms with Crippen molar-refractivity contribution in [2.45, 2.75) is 26.3 Å². The number of hydrogen-bond donors (Lipinski definition) is 1. The summed E-state index contributed by atoms with van der Waals surface area (Å²) in [6, 6.07) is 2.62. The zero-order valence-corrected chi connectivity index (χ0v) is 13.8. The molecule has 9 heteroatoms. The molecule has 0 radical (unpaired) electrons. The van der Waals surface area contributed by atoms with E-state index in [0.717, 1.165) is 12.5 Å². The summed E-state index contributed by atoms with van der Waals surface area (Å²) in [6.07, 6.45) is 3.00. The van der Waals surface area contributed by atoms with Crippen molar-refractivity contribution < 1.29 is 28.7 Å². The van der Waals surface area contributed by atoms with Crippen LogP contribution in [0.25, 0.3) is 6.08 Å². The third kappa shape index (κ3) is 4.93. The number of carbonyl (C=O) groups excluding carboxylic acids is 2. The second-order valence-electron chi connectivity index (χ2n) is 5.34. The molecule has 0 unspecified atom stereocenters. The van der Waals surface area contributed by atoms with E-state index in [1.807, 2.05) is 13.8 Å². The number of nitro benzene ring substituents is 1. The van der Waals surface area contributed by atoms with Crippen molar-refractivity contribution in [1.29, 1.82) is 0 Å². The Morgan fingerprint density at radius 1 is 1.40 bits per heavy atom. The summed E-state index contributed by atoms with van der Waals surface area (Å²) >= 11 is 0. The SMILES string of the molecule is CC[C@@H](C)NC(=O)COC(=O)/C=C/c1cc2c(cc1[N+](=O)[O-])OCO2. The highest BCUT2D eigenvalue weighted by Crippen LogP contribution is 2.38. The standard InChI is InChI=1S/C16H18N2O7/c1-3-10(2)17-15(19)8-23-16(20)5-4-11-6-13-14(25-9-24-13)7-12(11)18(21)22/h4-7,10H,3,8-9H2,1-2H3,(H,17,19)/b5-4+/t10-/m1/s1. The molecule has 134 valence electrons. The van der Waals surface area contributed by atoms with Gasteiger partial charge in [0, 0.05) is 12.1 Å². The average molecular weight is 350 g/mol. The van der Waals surface area contributed by atoms with Crippen LogP contribution < -0.4 is 14.8 Å². The molecule has 1 aliphatic heterocycles. The summed E-state index contributed by atoms with van der Waals surface area (Å²) in [6.45, 7) is 3.31. The van der Waals surface area contributed by atoms with Crippen LogP contribution in [0.2, 0.25) is 0 Å². The van der Waals surface area contributed by atoms with Gasteiger partial charge in [-0.25, -0.2) is 4.79 Å². The van der Waals surface area contributed by atoms with Gasteiger partial charge in [-0.05, 0) is 25.5 Å². The molecule has 1 N–H and O–H groups in total. The minimum absolute atomic E-state index is 0.0157. The molecule has 2 rings (SSSR count). The van der Waals surface area contributed by atoms with Crippen LogP contribution in [0.3, 0.4) is 0 Å². The smallest absolute Gasteiger partial charge is 0.331 e. The van der Waals surface area contributed by atoms with Crippen molar-refractivity contribution in [3.05, 3.63) is 33.9 Å². The van der Waals surface area contributed by atoms with Gasteiger partial charge in [-0.1, -0.05) is 6.92 Å². The van der Waals surface area contributed by atoms with Crippen LogP contribution >= 0.6 is 0 Å². The number of ether oxygens (including phenoxy) is 3. The minimum atomic E-state index is -0.786. The van der Waals surface area contributed by atoms with E-state index in [2.05, 4.69) is 5.32 Å². The Balaban J connectivity index is 2.00. The van der Waals surface area contributed by atoms with Gasteiger partial charge < -0.3 is 19.5 Å². The van der Waals surface area contributed by atoms with Crippen LogP contribution in [-0.4, -0.2) is 36.2 Å². The number of hydrogen-bond acceptors (Lipinski definition) is 7. The van der Waals surface area contributed by atoms with Crippen molar-refractivity contribution in [2.24, 2.45) is 0 Å². The normalized spacial score (nSPS) is 13.5. The van der Waals surface area contributed by atoms with Crippen molar-refractivity contribution in [3.8, 4) is 11.5 Å². The number of nitrogens with zero attached hydrogens (tertiary/aromatic N) is 1. The molecule has 1 aliphatic rings. The fourth-order valence-electron chi connectivity index (χ4n) is 2.00. The topological polar surface area (TPSA) is 117 Å². The van der Waals surface area contributed by atoms with Crippen molar-refractivity contribution >= 4 is 23.6 Å². The van der Waals surface area contributed by atoms with E-state index in [4.69, 9.17) is 14.2 Å². The Morgan fingerprint density at radius 2 is 2.08 bits per heavy atom. The Hall–Kier alpha value is -3.10. The Labute approximate surface area is 143 Å². The summed E-state index contributed by atoms with van der Waals surface area (Å²) in [5.41, 5.74) is -0.0712. The summed E-state index contributed by atoms with van der Waals surface area (Å²) in [5.74, 6) is -0.573. The number of amides is 1. The maximum atomic E-state index is 11.7. The van der Waals surface area contributed by atoms with Crippen LogP contribution in [0.15, 0.2) is 18.2 Å². The molecule has 0 aliphatic carbocycles. The van der Waals surface area contributed by atoms with E-state index in [1.54, 1.807) is 0 Å². The molecule has 1 amide bonds. The van der Waals surface area contributed by atoms with E-state index >= 15 is 0 Å². The van der Waals surface area contributed by atoms with Gasteiger partial charge in [-0.3, -0.25) is 14.9 Å². The number of carbonyl (C=O) groups is 2. The molecule has 25 heavy (non-hydrogen) atoms. The third-order valence-electron chi connectivity index (χ3n) is 3.48. The van der Waals surface area contributed by atoms with E-state index in [9.17, 15) is 19.7 Å². The molecule has 0 bridgehead atoms. The van der Waals surface area contributed by atoms with Gasteiger partial charge in [-0.15, -0.1) is 0 Å². The molecule has 1 heterocycles. The molecule has 0 aromatic heterocycles. The van der Waals surface area contributed by atoms with Crippen molar-refractivity contribution in [2.75, 3.05) is 13.4 Å². The predicted octanol–water partition coefficient (Wildman–Crippen LogP) is 1.79. The molecule has 1 atom stereocenters. The Kier molecular flexibility index (Phi) is 5.93. The third-order valence-corrected chi connectivity index (χ3v) is 3.48.